The zero-order chi connectivity index (χ0) is 34.5. The highest BCUT2D eigenvalue weighted by molar-refractivity contribution is 7.91. The van der Waals surface area contributed by atoms with Gasteiger partial charge in [0, 0.05) is 36.5 Å². The fourth-order valence-corrected chi connectivity index (χ4v) is 6.91. The highest BCUT2D eigenvalue weighted by Crippen LogP contribution is 2.44. The summed E-state index contributed by atoms with van der Waals surface area (Å²) in [6.07, 6.45) is -0.178. The third-order valence-electron chi connectivity index (χ3n) is 8.11. The molecular formula is C36H38N6O6S. The quantitative estimate of drug-likeness (QED) is 0.0449. The molecule has 1 heterocycles. The Kier molecular flexibility index (Phi) is 12.0. The van der Waals surface area contributed by atoms with Gasteiger partial charge >= 0.3 is 0 Å². The summed E-state index contributed by atoms with van der Waals surface area (Å²) in [5.41, 5.74) is 15.9. The zero-order valence-electron chi connectivity index (χ0n) is 26.8. The van der Waals surface area contributed by atoms with Gasteiger partial charge in [-0.15, -0.1) is 0 Å². The minimum atomic E-state index is -3.84. The molecule has 1 aliphatic heterocycles. The molecule has 0 bridgehead atoms. The lowest BCUT2D eigenvalue weighted by molar-refractivity contribution is -0.130. The topological polar surface area (TPSA) is 175 Å². The molecule has 12 nitrogen and oxygen atoms in total. The molecule has 0 radical (unpaired) electrons. The van der Waals surface area contributed by atoms with Gasteiger partial charge in [0.1, 0.15) is 5.75 Å². The standard InChI is InChI=1S/C36H38N6O6S/c37-42-39-26-29-12-7-8-15-32(29)33-36(21-25-49(45,46)31-13-5-2-6-14-31,35(44)41-38-22-20-27-10-3-1-4-11-27)40-34(48-33)28-16-18-30(19-17-28)47-24-9-23-43/h1-8,10-19,33,38,43H,9,20-26H2,(H,41,44)/t33-,36-/m0/s1. The van der Waals surface area contributed by atoms with Gasteiger partial charge in [0.25, 0.3) is 5.91 Å². The Morgan fingerprint density at radius 2 is 1.67 bits per heavy atom. The number of sulfone groups is 1. The molecule has 254 valence electrons. The van der Waals surface area contributed by atoms with Crippen LogP contribution in [0.5, 0.6) is 5.75 Å². The highest BCUT2D eigenvalue weighted by Gasteiger charge is 2.54. The predicted molar refractivity (Wildman–Crippen MR) is 185 cm³/mol. The summed E-state index contributed by atoms with van der Waals surface area (Å²) in [7, 11) is -3.84. The second kappa shape index (κ2) is 16.8. The maximum Gasteiger partial charge on any atom is 0.266 e. The van der Waals surface area contributed by atoms with Crippen molar-refractivity contribution in [2.45, 2.75) is 42.3 Å². The van der Waals surface area contributed by atoms with Crippen molar-refractivity contribution in [3.63, 3.8) is 0 Å². The molecule has 1 amide bonds. The number of azide groups is 1. The second-order valence-electron chi connectivity index (χ2n) is 11.4. The molecule has 0 aliphatic carbocycles. The van der Waals surface area contributed by atoms with E-state index in [0.29, 0.717) is 48.4 Å². The van der Waals surface area contributed by atoms with Crippen LogP contribution in [0.15, 0.2) is 124 Å². The summed E-state index contributed by atoms with van der Waals surface area (Å²) < 4.78 is 39.4. The van der Waals surface area contributed by atoms with Crippen LogP contribution in [0.3, 0.4) is 0 Å². The van der Waals surface area contributed by atoms with Crippen molar-refractivity contribution in [3.8, 4) is 5.75 Å². The van der Waals surface area contributed by atoms with E-state index < -0.39 is 33.1 Å². The molecule has 0 saturated heterocycles. The van der Waals surface area contributed by atoms with E-state index in [1.165, 1.54) is 12.1 Å². The Morgan fingerprint density at radius 1 is 0.980 bits per heavy atom. The fourth-order valence-electron chi connectivity index (χ4n) is 5.53. The molecule has 13 heteroatoms. The number of aliphatic imine (C=N–C) groups is 1. The van der Waals surface area contributed by atoms with Crippen molar-refractivity contribution in [2.24, 2.45) is 10.1 Å². The average molecular weight is 683 g/mol. The van der Waals surface area contributed by atoms with Crippen LogP contribution in [0.1, 0.15) is 41.2 Å². The maximum atomic E-state index is 14.4. The van der Waals surface area contributed by atoms with Crippen molar-refractivity contribution in [3.05, 3.63) is 142 Å². The molecule has 5 rings (SSSR count). The number of ether oxygens (including phenoxy) is 2. The molecule has 0 fully saturated rings. The Balaban J connectivity index is 1.54. The van der Waals surface area contributed by atoms with Gasteiger partial charge in [-0.3, -0.25) is 10.2 Å². The number of aliphatic hydroxyl groups excluding tert-OH is 1. The minimum absolute atomic E-state index is 0.0104. The molecule has 1 aliphatic rings. The van der Waals surface area contributed by atoms with Crippen molar-refractivity contribution >= 4 is 21.6 Å². The SMILES string of the molecule is [N-]=[N+]=NCc1ccccc1[C@@H]1OC(c2ccc(OCCCO)cc2)=N[C@]1(CCS(=O)(=O)c1ccccc1)C(=O)NNCCc1ccccc1. The summed E-state index contributed by atoms with van der Waals surface area (Å²) in [5.74, 6) is -0.262. The average Bonchev–Trinajstić information content (AvgIpc) is 3.54. The fraction of sp³-hybridized carbons (Fsp3) is 0.278. The lowest BCUT2D eigenvalue weighted by atomic mass is 9.83. The van der Waals surface area contributed by atoms with E-state index in [1.54, 1.807) is 66.7 Å². The van der Waals surface area contributed by atoms with E-state index >= 15 is 0 Å². The number of nitrogens with one attached hydrogen (secondary N) is 2. The summed E-state index contributed by atoms with van der Waals surface area (Å²) in [6.45, 7) is 0.739. The number of nitrogens with zero attached hydrogens (tertiary/aromatic N) is 4. The van der Waals surface area contributed by atoms with Gasteiger partial charge in [-0.25, -0.2) is 18.8 Å². The van der Waals surface area contributed by atoms with Crippen LogP contribution in [0.25, 0.3) is 10.4 Å². The van der Waals surface area contributed by atoms with Crippen molar-refractivity contribution in [1.82, 2.24) is 10.9 Å². The lowest BCUT2D eigenvalue weighted by Crippen LogP contribution is -2.53. The first-order valence-electron chi connectivity index (χ1n) is 15.9. The number of aliphatic hydroxyl groups is 1. The number of carbonyl (C=O) groups excluding carboxylic acids is 1. The van der Waals surface area contributed by atoms with Crippen LogP contribution in [0.4, 0.5) is 0 Å². The Morgan fingerprint density at radius 3 is 2.39 bits per heavy atom. The van der Waals surface area contributed by atoms with Gasteiger partial charge in [-0.1, -0.05) is 77.9 Å². The van der Waals surface area contributed by atoms with Crippen molar-refractivity contribution in [1.29, 1.82) is 0 Å². The van der Waals surface area contributed by atoms with Gasteiger partial charge in [-0.2, -0.15) is 0 Å². The third kappa shape index (κ3) is 8.84. The van der Waals surface area contributed by atoms with Gasteiger partial charge in [0.2, 0.25) is 5.90 Å². The molecule has 4 aromatic carbocycles. The van der Waals surface area contributed by atoms with Crippen LogP contribution in [0.2, 0.25) is 0 Å². The van der Waals surface area contributed by atoms with Crippen molar-refractivity contribution < 1.29 is 27.8 Å². The Hall–Kier alpha value is -5.20. The smallest absolute Gasteiger partial charge is 0.266 e. The van der Waals surface area contributed by atoms with Crippen LogP contribution >= 0.6 is 0 Å². The van der Waals surface area contributed by atoms with E-state index in [4.69, 9.17) is 25.1 Å². The zero-order valence-corrected chi connectivity index (χ0v) is 27.6. The number of hydrogen-bond acceptors (Lipinski definition) is 9. The highest BCUT2D eigenvalue weighted by atomic mass is 32.2. The first kappa shape index (κ1) is 35.1. The van der Waals surface area contributed by atoms with E-state index in [-0.39, 0.29) is 30.4 Å². The van der Waals surface area contributed by atoms with Crippen LogP contribution in [-0.2, 0) is 32.3 Å². The van der Waals surface area contributed by atoms with E-state index in [9.17, 15) is 13.2 Å². The number of hydrogen-bond donors (Lipinski definition) is 3. The molecule has 0 spiro atoms. The van der Waals surface area contributed by atoms with Gasteiger partial charge in [0.05, 0.1) is 23.8 Å². The van der Waals surface area contributed by atoms with Crippen LogP contribution in [0, 0.1) is 0 Å². The molecule has 0 unspecified atom stereocenters. The molecule has 4 aromatic rings. The monoisotopic (exact) mass is 682 g/mol. The first-order chi connectivity index (χ1) is 23.9. The number of benzene rings is 4. The van der Waals surface area contributed by atoms with E-state index in [2.05, 4.69) is 20.9 Å². The Labute approximate surface area is 285 Å². The van der Waals surface area contributed by atoms with E-state index in [0.717, 1.165) is 5.56 Å². The number of amides is 1. The van der Waals surface area contributed by atoms with Crippen LogP contribution in [-0.4, -0.2) is 56.4 Å². The Bertz CT molecular complexity index is 1880. The molecule has 3 N–H and O–H groups in total. The first-order valence-corrected chi connectivity index (χ1v) is 17.6. The molecule has 49 heavy (non-hydrogen) atoms. The second-order valence-corrected chi connectivity index (χ2v) is 13.5. The lowest BCUT2D eigenvalue weighted by Gasteiger charge is -2.31. The number of hydrazine groups is 1. The van der Waals surface area contributed by atoms with Gasteiger partial charge < -0.3 is 14.6 Å². The molecule has 0 aromatic heterocycles. The van der Waals surface area contributed by atoms with E-state index in [1.807, 2.05) is 30.3 Å². The van der Waals surface area contributed by atoms with Crippen molar-refractivity contribution in [2.75, 3.05) is 25.5 Å². The largest absolute Gasteiger partial charge is 0.494 e. The minimum Gasteiger partial charge on any atom is -0.494 e. The molecule has 2 atom stereocenters. The third-order valence-corrected chi connectivity index (χ3v) is 9.84. The summed E-state index contributed by atoms with van der Waals surface area (Å²) >= 11 is 0. The summed E-state index contributed by atoms with van der Waals surface area (Å²) in [5, 5.41) is 12.8. The normalized spacial score (nSPS) is 17.0. The molecular weight excluding hydrogens is 644 g/mol. The summed E-state index contributed by atoms with van der Waals surface area (Å²) in [4.78, 5) is 22.4. The van der Waals surface area contributed by atoms with Crippen LogP contribution < -0.4 is 15.6 Å². The summed E-state index contributed by atoms with van der Waals surface area (Å²) in [6, 6.07) is 31.9. The number of rotatable bonds is 17. The predicted octanol–water partition coefficient (Wildman–Crippen LogP) is 5.24. The number of carbonyl (C=O) groups is 1. The van der Waals surface area contributed by atoms with Gasteiger partial charge in [-0.05, 0) is 65.0 Å². The maximum absolute atomic E-state index is 14.4. The van der Waals surface area contributed by atoms with Gasteiger partial charge in [0.15, 0.2) is 21.5 Å². The molecule has 0 saturated carbocycles.